The number of benzene rings is 2. The van der Waals surface area contributed by atoms with Gasteiger partial charge in [0, 0.05) is 23.5 Å². The maximum Gasteiger partial charge on any atom is 0.231 e. The number of fused-ring (bicyclic) bond motifs is 1. The lowest BCUT2D eigenvalue weighted by molar-refractivity contribution is 0.174. The number of para-hydroxylation sites is 1. The quantitative estimate of drug-likeness (QED) is 0.656. The molecule has 3 aromatic rings. The van der Waals surface area contributed by atoms with Gasteiger partial charge in [0.2, 0.25) is 6.79 Å². The van der Waals surface area contributed by atoms with Gasteiger partial charge >= 0.3 is 0 Å². The van der Waals surface area contributed by atoms with Crippen LogP contribution in [0.3, 0.4) is 0 Å². The van der Waals surface area contributed by atoms with E-state index in [2.05, 4.69) is 52.6 Å². The van der Waals surface area contributed by atoms with Crippen molar-refractivity contribution in [2.75, 3.05) is 17.4 Å². The number of hydrogen-bond acceptors (Lipinski definition) is 6. The summed E-state index contributed by atoms with van der Waals surface area (Å²) in [5.41, 5.74) is 3.18. The Balaban J connectivity index is 1.59. The fraction of sp³-hybridized carbons (Fsp3) is 0.238. The van der Waals surface area contributed by atoms with Crippen molar-refractivity contribution < 1.29 is 9.47 Å². The minimum absolute atomic E-state index is 0.259. The van der Waals surface area contributed by atoms with Gasteiger partial charge in [0.1, 0.15) is 17.5 Å². The first-order chi connectivity index (χ1) is 13.1. The molecule has 0 saturated carbocycles. The fourth-order valence-corrected chi connectivity index (χ4v) is 3.07. The van der Waals surface area contributed by atoms with Crippen molar-refractivity contribution in [2.24, 2.45) is 0 Å². The van der Waals surface area contributed by atoms with Crippen LogP contribution >= 0.6 is 0 Å². The van der Waals surface area contributed by atoms with Gasteiger partial charge in [0.25, 0.3) is 0 Å². The third-order valence-electron chi connectivity index (χ3n) is 4.33. The standard InChI is InChI=1S/C21H22N4O2/c1-13(2)16-6-4-5-7-17(16)25-21-11-20(22-14(3)23-21)24-15-8-9-18-19(10-15)27-12-26-18/h4-11,13H,12H2,1-3H3,(H2,22,23,24,25). The second-order valence-corrected chi connectivity index (χ2v) is 6.75. The number of aromatic nitrogens is 2. The van der Waals surface area contributed by atoms with Crippen LogP contribution in [0.5, 0.6) is 11.5 Å². The first kappa shape index (κ1) is 17.1. The number of rotatable bonds is 5. The van der Waals surface area contributed by atoms with E-state index < -0.39 is 0 Å². The molecule has 0 saturated heterocycles. The zero-order valence-corrected chi connectivity index (χ0v) is 15.6. The number of aryl methyl sites for hydroxylation is 1. The summed E-state index contributed by atoms with van der Waals surface area (Å²) in [5.74, 6) is 4.06. The fourth-order valence-electron chi connectivity index (χ4n) is 3.07. The Morgan fingerprint density at radius 2 is 1.63 bits per heavy atom. The molecule has 27 heavy (non-hydrogen) atoms. The third kappa shape index (κ3) is 3.79. The molecular formula is C21H22N4O2. The topological polar surface area (TPSA) is 68.3 Å². The second kappa shape index (κ2) is 7.15. The Bertz CT molecular complexity index is 972. The molecule has 0 radical (unpaired) electrons. The van der Waals surface area contributed by atoms with Gasteiger partial charge in [-0.3, -0.25) is 0 Å². The SMILES string of the molecule is Cc1nc(Nc2ccc3c(c2)OCO3)cc(Nc2ccccc2C(C)C)n1. The van der Waals surface area contributed by atoms with Crippen LogP contribution in [0.4, 0.5) is 23.0 Å². The molecule has 138 valence electrons. The van der Waals surface area contributed by atoms with E-state index in [9.17, 15) is 0 Å². The van der Waals surface area contributed by atoms with Crippen LogP contribution in [0, 0.1) is 6.92 Å². The van der Waals surface area contributed by atoms with Crippen LogP contribution < -0.4 is 20.1 Å². The van der Waals surface area contributed by atoms with Crippen molar-refractivity contribution in [2.45, 2.75) is 26.7 Å². The first-order valence-corrected chi connectivity index (χ1v) is 8.97. The predicted molar refractivity (Wildman–Crippen MR) is 106 cm³/mol. The predicted octanol–water partition coefficient (Wildman–Crippen LogP) is 5.12. The van der Waals surface area contributed by atoms with Crippen molar-refractivity contribution >= 4 is 23.0 Å². The molecular weight excluding hydrogens is 340 g/mol. The molecule has 0 aliphatic carbocycles. The van der Waals surface area contributed by atoms with E-state index in [1.807, 2.05) is 37.3 Å². The minimum Gasteiger partial charge on any atom is -0.454 e. The average molecular weight is 362 g/mol. The van der Waals surface area contributed by atoms with E-state index in [1.54, 1.807) is 0 Å². The highest BCUT2D eigenvalue weighted by molar-refractivity contribution is 5.67. The summed E-state index contributed by atoms with van der Waals surface area (Å²) >= 11 is 0. The van der Waals surface area contributed by atoms with Crippen molar-refractivity contribution in [1.82, 2.24) is 9.97 Å². The molecule has 0 amide bonds. The molecule has 2 heterocycles. The van der Waals surface area contributed by atoms with Crippen LogP contribution in [0.25, 0.3) is 0 Å². The van der Waals surface area contributed by atoms with E-state index in [1.165, 1.54) is 5.56 Å². The number of nitrogens with zero attached hydrogens (tertiary/aromatic N) is 2. The minimum atomic E-state index is 0.259. The van der Waals surface area contributed by atoms with Gasteiger partial charge in [0.05, 0.1) is 0 Å². The maximum atomic E-state index is 5.43. The molecule has 2 aromatic carbocycles. The van der Waals surface area contributed by atoms with E-state index in [4.69, 9.17) is 9.47 Å². The second-order valence-electron chi connectivity index (χ2n) is 6.75. The Kier molecular flexibility index (Phi) is 4.54. The summed E-state index contributed by atoms with van der Waals surface area (Å²) in [4.78, 5) is 9.01. The van der Waals surface area contributed by atoms with Gasteiger partial charge in [-0.15, -0.1) is 0 Å². The molecule has 6 heteroatoms. The lowest BCUT2D eigenvalue weighted by Gasteiger charge is -2.15. The van der Waals surface area contributed by atoms with E-state index in [0.717, 1.165) is 28.7 Å². The van der Waals surface area contributed by atoms with E-state index in [0.29, 0.717) is 17.6 Å². The third-order valence-corrected chi connectivity index (χ3v) is 4.33. The number of ether oxygens (including phenoxy) is 2. The van der Waals surface area contributed by atoms with Crippen LogP contribution in [0.2, 0.25) is 0 Å². The highest BCUT2D eigenvalue weighted by Crippen LogP contribution is 2.35. The summed E-state index contributed by atoms with van der Waals surface area (Å²) in [6, 6.07) is 15.9. The summed E-state index contributed by atoms with van der Waals surface area (Å²) in [6.45, 7) is 6.50. The molecule has 0 bridgehead atoms. The molecule has 4 rings (SSSR count). The first-order valence-electron chi connectivity index (χ1n) is 8.97. The zero-order chi connectivity index (χ0) is 18.8. The normalized spacial score (nSPS) is 12.3. The smallest absolute Gasteiger partial charge is 0.231 e. The van der Waals surface area contributed by atoms with Crippen molar-refractivity contribution in [3.05, 3.63) is 59.9 Å². The van der Waals surface area contributed by atoms with Crippen molar-refractivity contribution in [3.8, 4) is 11.5 Å². The van der Waals surface area contributed by atoms with Crippen molar-refractivity contribution in [1.29, 1.82) is 0 Å². The Morgan fingerprint density at radius 3 is 2.44 bits per heavy atom. The molecule has 1 aliphatic rings. The molecule has 0 fully saturated rings. The Labute approximate surface area is 158 Å². The maximum absolute atomic E-state index is 5.43. The highest BCUT2D eigenvalue weighted by Gasteiger charge is 2.14. The van der Waals surface area contributed by atoms with E-state index >= 15 is 0 Å². The monoisotopic (exact) mass is 362 g/mol. The van der Waals surface area contributed by atoms with Crippen molar-refractivity contribution in [3.63, 3.8) is 0 Å². The molecule has 1 aliphatic heterocycles. The molecule has 2 N–H and O–H groups in total. The number of anilines is 4. The van der Waals surface area contributed by atoms with E-state index in [-0.39, 0.29) is 6.79 Å². The molecule has 1 aromatic heterocycles. The molecule has 6 nitrogen and oxygen atoms in total. The molecule has 0 atom stereocenters. The van der Waals surface area contributed by atoms with Gasteiger partial charge < -0.3 is 20.1 Å². The van der Waals surface area contributed by atoms with Gasteiger partial charge in [-0.05, 0) is 36.6 Å². The van der Waals surface area contributed by atoms with Gasteiger partial charge in [-0.2, -0.15) is 0 Å². The molecule has 0 unspecified atom stereocenters. The Hall–Kier alpha value is -3.28. The van der Waals surface area contributed by atoms with Gasteiger partial charge in [-0.25, -0.2) is 9.97 Å². The van der Waals surface area contributed by atoms with Crippen LogP contribution in [-0.4, -0.2) is 16.8 Å². The number of hydrogen-bond donors (Lipinski definition) is 2. The summed E-state index contributed by atoms with van der Waals surface area (Å²) in [7, 11) is 0. The lowest BCUT2D eigenvalue weighted by atomic mass is 10.0. The average Bonchev–Trinajstić information content (AvgIpc) is 3.09. The van der Waals surface area contributed by atoms with Crippen LogP contribution in [-0.2, 0) is 0 Å². The zero-order valence-electron chi connectivity index (χ0n) is 15.6. The lowest BCUT2D eigenvalue weighted by Crippen LogP contribution is -2.03. The summed E-state index contributed by atoms with van der Waals surface area (Å²) in [6.07, 6.45) is 0. The summed E-state index contributed by atoms with van der Waals surface area (Å²) in [5, 5.41) is 6.74. The largest absolute Gasteiger partial charge is 0.454 e. The number of nitrogens with one attached hydrogen (secondary N) is 2. The highest BCUT2D eigenvalue weighted by atomic mass is 16.7. The molecule has 0 spiro atoms. The summed E-state index contributed by atoms with van der Waals surface area (Å²) < 4.78 is 10.8. The van der Waals surface area contributed by atoms with Gasteiger partial charge in [0.15, 0.2) is 11.5 Å². The van der Waals surface area contributed by atoms with Crippen LogP contribution in [0.1, 0.15) is 31.2 Å². The van der Waals surface area contributed by atoms with Gasteiger partial charge in [-0.1, -0.05) is 32.0 Å². The Morgan fingerprint density at radius 1 is 0.889 bits per heavy atom. The van der Waals surface area contributed by atoms with Crippen LogP contribution in [0.15, 0.2) is 48.5 Å².